The zero-order valence-corrected chi connectivity index (χ0v) is 9.43. The van der Waals surface area contributed by atoms with Crippen molar-refractivity contribution in [1.29, 1.82) is 0 Å². The number of hydrogen-bond acceptors (Lipinski definition) is 1. The molecule has 0 aliphatic carbocycles. The van der Waals surface area contributed by atoms with Crippen LogP contribution in [-0.4, -0.2) is 4.98 Å². The average Bonchev–Trinajstić information content (AvgIpc) is 2.39. The molecule has 81 valence electrons. The number of rotatable bonds is 1. The summed E-state index contributed by atoms with van der Waals surface area (Å²) in [6.45, 7) is 3.91. The Labute approximate surface area is 101 Å². The second-order valence-electron chi connectivity index (χ2n) is 4.07. The van der Waals surface area contributed by atoms with Gasteiger partial charge >= 0.3 is 0 Å². The molecule has 1 heterocycles. The fraction of sp³-hybridized carbons (Fsp3) is 0. The molecular formula is C16H12N. The normalized spacial score (nSPS) is 10.6. The molecule has 0 atom stereocenters. The molecular weight excluding hydrogens is 206 g/mol. The molecule has 1 heteroatoms. The van der Waals surface area contributed by atoms with E-state index in [4.69, 9.17) is 0 Å². The summed E-state index contributed by atoms with van der Waals surface area (Å²) in [6, 6.07) is 18.6. The van der Waals surface area contributed by atoms with Gasteiger partial charge in [0.05, 0.1) is 5.52 Å². The molecule has 0 spiro atoms. The number of benzene rings is 2. The van der Waals surface area contributed by atoms with E-state index in [0.29, 0.717) is 0 Å². The van der Waals surface area contributed by atoms with Gasteiger partial charge in [-0.15, -0.1) is 0 Å². The highest BCUT2D eigenvalue weighted by molar-refractivity contribution is 5.94. The van der Waals surface area contributed by atoms with Crippen LogP contribution >= 0.6 is 0 Å². The molecule has 0 saturated heterocycles. The first-order valence-electron chi connectivity index (χ1n) is 5.61. The molecule has 17 heavy (non-hydrogen) atoms. The van der Waals surface area contributed by atoms with Crippen LogP contribution in [0.25, 0.3) is 22.0 Å². The number of nitrogens with zero attached hydrogens (tertiary/aromatic N) is 1. The first kappa shape index (κ1) is 10.0. The van der Waals surface area contributed by atoms with Gasteiger partial charge in [-0.25, -0.2) is 0 Å². The van der Waals surface area contributed by atoms with Crippen LogP contribution in [0.4, 0.5) is 0 Å². The molecule has 0 aliphatic rings. The highest BCUT2D eigenvalue weighted by Gasteiger charge is 2.02. The molecule has 3 rings (SSSR count). The summed E-state index contributed by atoms with van der Waals surface area (Å²) in [5, 5.41) is 1.19. The van der Waals surface area contributed by atoms with E-state index in [2.05, 4.69) is 36.2 Å². The van der Waals surface area contributed by atoms with Gasteiger partial charge in [0, 0.05) is 11.6 Å². The predicted octanol–water partition coefficient (Wildman–Crippen LogP) is 4.08. The molecule has 0 amide bonds. The van der Waals surface area contributed by atoms with Crippen LogP contribution in [0, 0.1) is 6.92 Å². The van der Waals surface area contributed by atoms with Crippen LogP contribution in [0.1, 0.15) is 5.56 Å². The molecule has 0 aliphatic heterocycles. The zero-order chi connectivity index (χ0) is 11.7. The topological polar surface area (TPSA) is 12.9 Å². The average molecular weight is 218 g/mol. The van der Waals surface area contributed by atoms with Gasteiger partial charge in [-0.05, 0) is 35.7 Å². The third-order valence-electron chi connectivity index (χ3n) is 2.91. The Hall–Kier alpha value is -2.15. The Balaban J connectivity index is 2.27. The standard InChI is InChI=1S/C16H12N/c1-12-7-9-13(10-8-12)14-4-2-6-16-15(14)5-3-11-17-16/h2-11H,1H2. The number of aromatic nitrogens is 1. The third kappa shape index (κ3) is 1.80. The lowest BCUT2D eigenvalue weighted by Gasteiger charge is -2.06. The van der Waals surface area contributed by atoms with Crippen molar-refractivity contribution in [1.82, 2.24) is 4.98 Å². The smallest absolute Gasteiger partial charge is 0.0708 e. The molecule has 0 saturated carbocycles. The first-order chi connectivity index (χ1) is 8.34. The Bertz CT molecular complexity index is 648. The Morgan fingerprint density at radius 1 is 0.824 bits per heavy atom. The predicted molar refractivity (Wildman–Crippen MR) is 71.6 cm³/mol. The van der Waals surface area contributed by atoms with Gasteiger partial charge in [-0.1, -0.05) is 42.5 Å². The summed E-state index contributed by atoms with van der Waals surface area (Å²) in [4.78, 5) is 4.37. The molecule has 0 N–H and O–H groups in total. The number of fused-ring (bicyclic) bond motifs is 1. The van der Waals surface area contributed by atoms with Crippen molar-refractivity contribution in [3.63, 3.8) is 0 Å². The van der Waals surface area contributed by atoms with E-state index in [9.17, 15) is 0 Å². The number of hydrogen-bond donors (Lipinski definition) is 0. The van der Waals surface area contributed by atoms with Crippen LogP contribution < -0.4 is 0 Å². The largest absolute Gasteiger partial charge is 0.256 e. The van der Waals surface area contributed by atoms with Gasteiger partial charge in [0.15, 0.2) is 0 Å². The maximum Gasteiger partial charge on any atom is 0.0708 e. The van der Waals surface area contributed by atoms with E-state index in [1.54, 1.807) is 0 Å². The summed E-state index contributed by atoms with van der Waals surface area (Å²) < 4.78 is 0. The van der Waals surface area contributed by atoms with Crippen molar-refractivity contribution in [2.75, 3.05) is 0 Å². The third-order valence-corrected chi connectivity index (χ3v) is 2.91. The van der Waals surface area contributed by atoms with Crippen LogP contribution in [0.15, 0.2) is 60.8 Å². The fourth-order valence-corrected chi connectivity index (χ4v) is 2.04. The molecule has 3 aromatic rings. The molecule has 0 fully saturated rings. The van der Waals surface area contributed by atoms with E-state index in [0.717, 1.165) is 11.1 Å². The zero-order valence-electron chi connectivity index (χ0n) is 9.43. The van der Waals surface area contributed by atoms with Gasteiger partial charge in [0.2, 0.25) is 0 Å². The van der Waals surface area contributed by atoms with Crippen molar-refractivity contribution >= 4 is 10.9 Å². The van der Waals surface area contributed by atoms with Crippen LogP contribution in [-0.2, 0) is 0 Å². The molecule has 1 radical (unpaired) electrons. The molecule has 0 unspecified atom stereocenters. The summed E-state index contributed by atoms with van der Waals surface area (Å²) in [5.74, 6) is 0. The maximum atomic E-state index is 4.37. The Kier molecular flexibility index (Phi) is 2.37. The van der Waals surface area contributed by atoms with Crippen LogP contribution in [0.2, 0.25) is 0 Å². The highest BCUT2D eigenvalue weighted by Crippen LogP contribution is 2.27. The SMILES string of the molecule is [CH2]c1ccc(-c2cccc3ncccc23)cc1. The minimum atomic E-state index is 1.03. The lowest BCUT2D eigenvalue weighted by atomic mass is 10.00. The molecule has 2 aromatic carbocycles. The van der Waals surface area contributed by atoms with E-state index < -0.39 is 0 Å². The lowest BCUT2D eigenvalue weighted by molar-refractivity contribution is 1.41. The minimum absolute atomic E-state index is 1.03. The summed E-state index contributed by atoms with van der Waals surface area (Å²) in [7, 11) is 0. The lowest BCUT2D eigenvalue weighted by Crippen LogP contribution is -1.83. The van der Waals surface area contributed by atoms with E-state index >= 15 is 0 Å². The van der Waals surface area contributed by atoms with Gasteiger partial charge in [0.25, 0.3) is 0 Å². The van der Waals surface area contributed by atoms with Gasteiger partial charge in [-0.2, -0.15) is 0 Å². The summed E-state index contributed by atoms with van der Waals surface area (Å²) >= 11 is 0. The van der Waals surface area contributed by atoms with Gasteiger partial charge in [0.1, 0.15) is 0 Å². The van der Waals surface area contributed by atoms with Crippen molar-refractivity contribution in [2.45, 2.75) is 0 Å². The van der Waals surface area contributed by atoms with Gasteiger partial charge in [-0.3, -0.25) is 4.98 Å². The highest BCUT2D eigenvalue weighted by atomic mass is 14.6. The van der Waals surface area contributed by atoms with E-state index in [1.165, 1.54) is 16.5 Å². The van der Waals surface area contributed by atoms with E-state index in [-0.39, 0.29) is 0 Å². The Morgan fingerprint density at radius 3 is 2.47 bits per heavy atom. The molecule has 1 nitrogen and oxygen atoms in total. The van der Waals surface area contributed by atoms with Crippen molar-refractivity contribution < 1.29 is 0 Å². The molecule has 0 bridgehead atoms. The quantitative estimate of drug-likeness (QED) is 0.599. The first-order valence-corrected chi connectivity index (χ1v) is 5.61. The Morgan fingerprint density at radius 2 is 1.65 bits per heavy atom. The number of pyridine rings is 1. The molecule has 1 aromatic heterocycles. The summed E-state index contributed by atoms with van der Waals surface area (Å²) in [5.41, 5.74) is 4.49. The maximum absolute atomic E-state index is 4.37. The van der Waals surface area contributed by atoms with Crippen molar-refractivity contribution in [3.8, 4) is 11.1 Å². The second-order valence-corrected chi connectivity index (χ2v) is 4.07. The fourth-order valence-electron chi connectivity index (χ4n) is 2.04. The second kappa shape index (κ2) is 4.02. The van der Waals surface area contributed by atoms with Gasteiger partial charge < -0.3 is 0 Å². The monoisotopic (exact) mass is 218 g/mol. The van der Waals surface area contributed by atoms with E-state index in [1.807, 2.05) is 36.5 Å². The van der Waals surface area contributed by atoms with Crippen LogP contribution in [0.5, 0.6) is 0 Å². The minimum Gasteiger partial charge on any atom is -0.256 e. The van der Waals surface area contributed by atoms with Crippen molar-refractivity contribution in [2.24, 2.45) is 0 Å². The summed E-state index contributed by atoms with van der Waals surface area (Å²) in [6.07, 6.45) is 1.82. The van der Waals surface area contributed by atoms with Crippen LogP contribution in [0.3, 0.4) is 0 Å². The van der Waals surface area contributed by atoms with Crippen molar-refractivity contribution in [3.05, 3.63) is 73.3 Å².